The molecule has 0 unspecified atom stereocenters. The Bertz CT molecular complexity index is 784. The highest BCUT2D eigenvalue weighted by atomic mass is 79.9. The van der Waals surface area contributed by atoms with Gasteiger partial charge >= 0.3 is 0 Å². The molecule has 0 aliphatic rings. The first-order valence-corrected chi connectivity index (χ1v) is 7.55. The van der Waals surface area contributed by atoms with E-state index < -0.39 is 0 Å². The number of aromatic nitrogens is 3. The molecular weight excluding hydrogens is 346 g/mol. The molecule has 5 nitrogen and oxygen atoms in total. The molecule has 3 aromatic rings. The third kappa shape index (κ3) is 3.33. The van der Waals surface area contributed by atoms with Gasteiger partial charge in [-0.25, -0.2) is 4.98 Å². The average molecular weight is 360 g/mol. The van der Waals surface area contributed by atoms with Crippen molar-refractivity contribution >= 4 is 15.9 Å². The maximum absolute atomic E-state index is 5.59. The van der Waals surface area contributed by atoms with Gasteiger partial charge in [0, 0.05) is 16.1 Å². The lowest BCUT2D eigenvalue weighted by Crippen LogP contribution is -2.00. The van der Waals surface area contributed by atoms with Crippen LogP contribution in [0.15, 0.2) is 45.5 Å². The number of ether oxygens (including phenoxy) is 1. The summed E-state index contributed by atoms with van der Waals surface area (Å²) in [5.41, 5.74) is 3.56. The van der Waals surface area contributed by atoms with Crippen LogP contribution in [0.1, 0.15) is 17.0 Å². The van der Waals surface area contributed by atoms with E-state index in [0.29, 0.717) is 17.5 Å². The number of halogens is 1. The Balaban J connectivity index is 1.69. The summed E-state index contributed by atoms with van der Waals surface area (Å²) in [6.45, 7) is 4.17. The molecule has 2 aromatic heterocycles. The Labute approximate surface area is 136 Å². The lowest BCUT2D eigenvalue weighted by molar-refractivity contribution is 0.285. The van der Waals surface area contributed by atoms with Gasteiger partial charge in [0.1, 0.15) is 18.6 Å². The van der Waals surface area contributed by atoms with E-state index in [0.717, 1.165) is 21.3 Å². The average Bonchev–Trinajstić information content (AvgIpc) is 2.98. The van der Waals surface area contributed by atoms with Gasteiger partial charge in [0.15, 0.2) is 0 Å². The van der Waals surface area contributed by atoms with Crippen molar-refractivity contribution in [3.05, 3.63) is 58.0 Å². The van der Waals surface area contributed by atoms with Crippen LogP contribution < -0.4 is 4.74 Å². The fourth-order valence-electron chi connectivity index (χ4n) is 1.84. The van der Waals surface area contributed by atoms with E-state index in [1.165, 1.54) is 0 Å². The van der Waals surface area contributed by atoms with E-state index in [-0.39, 0.29) is 6.61 Å². The third-order valence-corrected chi connectivity index (χ3v) is 3.75. The number of oxazole rings is 1. The largest absolute Gasteiger partial charge is 0.470 e. The number of aryl methyl sites for hydroxylation is 2. The number of rotatable bonds is 4. The zero-order chi connectivity index (χ0) is 15.5. The molecule has 6 heteroatoms. The third-order valence-electron chi connectivity index (χ3n) is 3.22. The molecule has 0 saturated carbocycles. The van der Waals surface area contributed by atoms with Gasteiger partial charge in [0.05, 0.1) is 5.69 Å². The fraction of sp³-hybridized carbons (Fsp3) is 0.188. The van der Waals surface area contributed by atoms with Crippen LogP contribution in [0.4, 0.5) is 0 Å². The van der Waals surface area contributed by atoms with Crippen LogP contribution in [-0.2, 0) is 6.61 Å². The lowest BCUT2D eigenvalue weighted by atomic mass is 10.2. The van der Waals surface area contributed by atoms with Crippen molar-refractivity contribution in [2.24, 2.45) is 0 Å². The van der Waals surface area contributed by atoms with Crippen LogP contribution in [0.5, 0.6) is 5.88 Å². The highest BCUT2D eigenvalue weighted by Crippen LogP contribution is 2.21. The standard InChI is InChI=1S/C16H14BrN3O2/c1-10-7-15(20-19-11(10)2)21-8-14-9-22-16(18-14)12-3-5-13(17)6-4-12/h3-7,9H,8H2,1-2H3. The summed E-state index contributed by atoms with van der Waals surface area (Å²) < 4.78 is 12.1. The summed E-state index contributed by atoms with van der Waals surface area (Å²) in [6, 6.07) is 9.63. The minimum absolute atomic E-state index is 0.289. The van der Waals surface area contributed by atoms with Crippen molar-refractivity contribution in [2.45, 2.75) is 20.5 Å². The molecule has 0 atom stereocenters. The topological polar surface area (TPSA) is 61.0 Å². The maximum Gasteiger partial charge on any atom is 0.234 e. The molecule has 0 N–H and O–H groups in total. The molecular formula is C16H14BrN3O2. The first-order chi connectivity index (χ1) is 10.6. The summed E-state index contributed by atoms with van der Waals surface area (Å²) >= 11 is 3.40. The minimum atomic E-state index is 0.289. The number of benzene rings is 1. The van der Waals surface area contributed by atoms with Crippen molar-refractivity contribution in [2.75, 3.05) is 0 Å². The van der Waals surface area contributed by atoms with Crippen LogP contribution in [-0.4, -0.2) is 15.2 Å². The maximum atomic E-state index is 5.59. The molecule has 0 aliphatic heterocycles. The van der Waals surface area contributed by atoms with Crippen LogP contribution in [0, 0.1) is 13.8 Å². The second-order valence-electron chi connectivity index (χ2n) is 4.89. The van der Waals surface area contributed by atoms with Crippen molar-refractivity contribution in [3.63, 3.8) is 0 Å². The van der Waals surface area contributed by atoms with Crippen LogP contribution >= 0.6 is 15.9 Å². The van der Waals surface area contributed by atoms with Crippen molar-refractivity contribution in [3.8, 4) is 17.3 Å². The highest BCUT2D eigenvalue weighted by Gasteiger charge is 2.08. The van der Waals surface area contributed by atoms with Crippen LogP contribution in [0.25, 0.3) is 11.5 Å². The Morgan fingerprint density at radius 3 is 2.64 bits per heavy atom. The predicted octanol–water partition coefficient (Wildman–Crippen LogP) is 4.09. The van der Waals surface area contributed by atoms with Gasteiger partial charge < -0.3 is 9.15 Å². The SMILES string of the molecule is Cc1cc(OCc2coc(-c3ccc(Br)cc3)n2)nnc1C. The molecule has 0 radical (unpaired) electrons. The first-order valence-electron chi connectivity index (χ1n) is 6.76. The Kier molecular flexibility index (Phi) is 4.20. The molecule has 0 fully saturated rings. The van der Waals surface area contributed by atoms with Crippen LogP contribution in [0.3, 0.4) is 0 Å². The molecule has 0 amide bonds. The quantitative estimate of drug-likeness (QED) is 0.701. The lowest BCUT2D eigenvalue weighted by Gasteiger charge is -2.03. The monoisotopic (exact) mass is 359 g/mol. The molecule has 1 aromatic carbocycles. The van der Waals surface area contributed by atoms with Crippen molar-refractivity contribution < 1.29 is 9.15 Å². The van der Waals surface area contributed by atoms with Gasteiger partial charge in [-0.3, -0.25) is 0 Å². The highest BCUT2D eigenvalue weighted by molar-refractivity contribution is 9.10. The summed E-state index contributed by atoms with van der Waals surface area (Å²) in [5, 5.41) is 8.02. The molecule has 2 heterocycles. The molecule has 0 spiro atoms. The van der Waals surface area contributed by atoms with E-state index in [4.69, 9.17) is 9.15 Å². The van der Waals surface area contributed by atoms with Crippen molar-refractivity contribution in [1.82, 2.24) is 15.2 Å². The van der Waals surface area contributed by atoms with Gasteiger partial charge in [-0.1, -0.05) is 15.9 Å². The van der Waals surface area contributed by atoms with Crippen molar-refractivity contribution in [1.29, 1.82) is 0 Å². The number of hydrogen-bond acceptors (Lipinski definition) is 5. The molecule has 0 saturated heterocycles. The first kappa shape index (κ1) is 14.7. The van der Waals surface area contributed by atoms with Crippen LogP contribution in [0.2, 0.25) is 0 Å². The molecule has 22 heavy (non-hydrogen) atoms. The van der Waals surface area contributed by atoms with Gasteiger partial charge in [0.25, 0.3) is 0 Å². The van der Waals surface area contributed by atoms with E-state index in [2.05, 4.69) is 31.1 Å². The Morgan fingerprint density at radius 1 is 1.14 bits per heavy atom. The second-order valence-corrected chi connectivity index (χ2v) is 5.81. The normalized spacial score (nSPS) is 10.7. The van der Waals surface area contributed by atoms with Gasteiger partial charge in [0.2, 0.25) is 11.8 Å². The smallest absolute Gasteiger partial charge is 0.234 e. The number of hydrogen-bond donors (Lipinski definition) is 0. The fourth-order valence-corrected chi connectivity index (χ4v) is 2.10. The van der Waals surface area contributed by atoms with E-state index in [1.807, 2.05) is 44.2 Å². The minimum Gasteiger partial charge on any atom is -0.470 e. The summed E-state index contributed by atoms with van der Waals surface area (Å²) in [7, 11) is 0. The second kappa shape index (κ2) is 6.27. The molecule has 0 aliphatic carbocycles. The van der Waals surface area contributed by atoms with Gasteiger partial charge in [-0.2, -0.15) is 5.10 Å². The Morgan fingerprint density at radius 2 is 1.91 bits per heavy atom. The van der Waals surface area contributed by atoms with Gasteiger partial charge in [-0.15, -0.1) is 5.10 Å². The Hall–Kier alpha value is -2.21. The summed E-state index contributed by atoms with van der Waals surface area (Å²) in [5.74, 6) is 1.05. The van der Waals surface area contributed by atoms with E-state index in [1.54, 1.807) is 6.26 Å². The van der Waals surface area contributed by atoms with E-state index >= 15 is 0 Å². The summed E-state index contributed by atoms with van der Waals surface area (Å²) in [4.78, 5) is 4.41. The zero-order valence-corrected chi connectivity index (χ0v) is 13.8. The van der Waals surface area contributed by atoms with E-state index in [9.17, 15) is 0 Å². The summed E-state index contributed by atoms with van der Waals surface area (Å²) in [6.07, 6.45) is 1.59. The number of nitrogens with zero attached hydrogens (tertiary/aromatic N) is 3. The molecule has 3 rings (SSSR count). The molecule has 0 bridgehead atoms. The predicted molar refractivity (Wildman–Crippen MR) is 85.5 cm³/mol. The zero-order valence-electron chi connectivity index (χ0n) is 12.2. The van der Waals surface area contributed by atoms with Gasteiger partial charge in [-0.05, 0) is 43.7 Å². The molecule has 112 valence electrons.